The molecule has 1 atom stereocenters. The standard InChI is InChI=1S/C20H39N7O/c1-6-21-20(22-15-19(25(2)3)17-14-23-26(4)16-17)24-18-8-11-27(12-9-18)10-7-13-28-5/h14,16,18-19H,6-13,15H2,1-5H3,(H2,21,22,24). The van der Waals surface area contributed by atoms with Crippen LogP contribution in [0.25, 0.3) is 0 Å². The first-order chi connectivity index (χ1) is 13.5. The van der Waals surface area contributed by atoms with Crippen molar-refractivity contribution in [1.82, 2.24) is 30.2 Å². The normalized spacial score (nSPS) is 17.9. The largest absolute Gasteiger partial charge is 0.385 e. The second-order valence-corrected chi connectivity index (χ2v) is 7.75. The topological polar surface area (TPSA) is 70.0 Å². The molecular formula is C20H39N7O. The number of hydrogen-bond donors (Lipinski definition) is 2. The van der Waals surface area contributed by atoms with Gasteiger partial charge in [-0.2, -0.15) is 5.10 Å². The first kappa shape index (κ1) is 22.6. The molecule has 0 spiro atoms. The summed E-state index contributed by atoms with van der Waals surface area (Å²) in [7, 11) is 7.90. The van der Waals surface area contributed by atoms with Crippen LogP contribution in [0, 0.1) is 0 Å². The SMILES string of the molecule is CCNC(=NCC(c1cnn(C)c1)N(C)C)NC1CCN(CCCOC)CC1. The van der Waals surface area contributed by atoms with E-state index >= 15 is 0 Å². The Hall–Kier alpha value is -1.64. The van der Waals surface area contributed by atoms with E-state index in [-0.39, 0.29) is 6.04 Å². The van der Waals surface area contributed by atoms with Gasteiger partial charge in [0.25, 0.3) is 0 Å². The molecule has 8 nitrogen and oxygen atoms in total. The van der Waals surface area contributed by atoms with Gasteiger partial charge in [0, 0.05) is 64.7 Å². The summed E-state index contributed by atoms with van der Waals surface area (Å²) in [5.41, 5.74) is 1.19. The van der Waals surface area contributed by atoms with Gasteiger partial charge in [-0.05, 0) is 40.3 Å². The molecule has 1 aromatic heterocycles. The molecule has 28 heavy (non-hydrogen) atoms. The van der Waals surface area contributed by atoms with Gasteiger partial charge in [-0.1, -0.05) is 0 Å². The molecule has 1 aliphatic heterocycles. The van der Waals surface area contributed by atoms with E-state index in [0.29, 0.717) is 12.6 Å². The fraction of sp³-hybridized carbons (Fsp3) is 0.800. The number of aryl methyl sites for hydroxylation is 1. The minimum atomic E-state index is 0.215. The summed E-state index contributed by atoms with van der Waals surface area (Å²) in [6.07, 6.45) is 7.41. The van der Waals surface area contributed by atoms with E-state index in [2.05, 4.69) is 52.7 Å². The number of nitrogens with one attached hydrogen (secondary N) is 2. The lowest BCUT2D eigenvalue weighted by molar-refractivity contribution is 0.155. The molecule has 160 valence electrons. The minimum Gasteiger partial charge on any atom is -0.385 e. The molecule has 8 heteroatoms. The highest BCUT2D eigenvalue weighted by Crippen LogP contribution is 2.17. The highest BCUT2D eigenvalue weighted by Gasteiger charge is 2.20. The number of methoxy groups -OCH3 is 1. The zero-order valence-corrected chi connectivity index (χ0v) is 18.3. The number of guanidine groups is 1. The van der Waals surface area contributed by atoms with Gasteiger partial charge in [0.15, 0.2) is 5.96 Å². The molecule has 2 rings (SSSR count). The molecule has 0 aromatic carbocycles. The minimum absolute atomic E-state index is 0.215. The van der Waals surface area contributed by atoms with Gasteiger partial charge in [-0.15, -0.1) is 0 Å². The number of aliphatic imine (C=N–C) groups is 1. The fourth-order valence-electron chi connectivity index (χ4n) is 3.60. The highest BCUT2D eigenvalue weighted by molar-refractivity contribution is 5.80. The van der Waals surface area contributed by atoms with Gasteiger partial charge in [-0.25, -0.2) is 0 Å². The van der Waals surface area contributed by atoms with Crippen LogP contribution in [-0.2, 0) is 11.8 Å². The highest BCUT2D eigenvalue weighted by atomic mass is 16.5. The number of nitrogens with zero attached hydrogens (tertiary/aromatic N) is 5. The summed E-state index contributed by atoms with van der Waals surface area (Å²) >= 11 is 0. The lowest BCUT2D eigenvalue weighted by atomic mass is 10.1. The Labute approximate surface area is 170 Å². The van der Waals surface area contributed by atoms with Crippen LogP contribution in [0.2, 0.25) is 0 Å². The summed E-state index contributed by atoms with van der Waals surface area (Å²) in [5.74, 6) is 0.913. The number of rotatable bonds is 10. The fourth-order valence-corrected chi connectivity index (χ4v) is 3.60. The van der Waals surface area contributed by atoms with Crippen LogP contribution < -0.4 is 10.6 Å². The van der Waals surface area contributed by atoms with Gasteiger partial charge in [0.1, 0.15) is 0 Å². The average Bonchev–Trinajstić information content (AvgIpc) is 3.09. The van der Waals surface area contributed by atoms with Crippen LogP contribution in [0.1, 0.15) is 37.8 Å². The summed E-state index contributed by atoms with van der Waals surface area (Å²) in [5, 5.41) is 11.4. The Kier molecular flexibility index (Phi) is 9.73. The summed E-state index contributed by atoms with van der Waals surface area (Å²) < 4.78 is 7.00. The van der Waals surface area contributed by atoms with Crippen molar-refractivity contribution in [3.63, 3.8) is 0 Å². The first-order valence-electron chi connectivity index (χ1n) is 10.4. The van der Waals surface area contributed by atoms with E-state index in [1.54, 1.807) is 7.11 Å². The van der Waals surface area contributed by atoms with Crippen LogP contribution in [0.5, 0.6) is 0 Å². The van der Waals surface area contributed by atoms with Crippen LogP contribution >= 0.6 is 0 Å². The predicted octanol–water partition coefficient (Wildman–Crippen LogP) is 1.08. The van der Waals surface area contributed by atoms with Crippen molar-refractivity contribution in [2.24, 2.45) is 12.0 Å². The molecule has 1 saturated heterocycles. The molecule has 1 aromatic rings. The van der Waals surface area contributed by atoms with Crippen molar-refractivity contribution < 1.29 is 4.74 Å². The van der Waals surface area contributed by atoms with Gasteiger partial charge in [-0.3, -0.25) is 9.67 Å². The first-order valence-corrected chi connectivity index (χ1v) is 10.4. The predicted molar refractivity (Wildman–Crippen MR) is 115 cm³/mol. The number of likely N-dealkylation sites (N-methyl/N-ethyl adjacent to an activating group) is 1. The van der Waals surface area contributed by atoms with Crippen molar-refractivity contribution >= 4 is 5.96 Å². The van der Waals surface area contributed by atoms with E-state index in [1.807, 2.05) is 17.9 Å². The molecule has 2 heterocycles. The van der Waals surface area contributed by atoms with Gasteiger partial charge in [0.2, 0.25) is 0 Å². The number of piperidine rings is 1. The molecule has 0 radical (unpaired) electrons. The van der Waals surface area contributed by atoms with Crippen LogP contribution in [0.4, 0.5) is 0 Å². The molecule has 0 aliphatic carbocycles. The van der Waals surface area contributed by atoms with Crippen molar-refractivity contribution in [3.8, 4) is 0 Å². The Bertz CT molecular complexity index is 579. The van der Waals surface area contributed by atoms with E-state index in [4.69, 9.17) is 9.73 Å². The van der Waals surface area contributed by atoms with Gasteiger partial charge in [0.05, 0.1) is 18.8 Å². The second-order valence-electron chi connectivity index (χ2n) is 7.75. The molecule has 0 bridgehead atoms. The second kappa shape index (κ2) is 12.0. The number of aromatic nitrogens is 2. The third-order valence-corrected chi connectivity index (χ3v) is 5.25. The Morgan fingerprint density at radius 1 is 1.39 bits per heavy atom. The van der Waals surface area contributed by atoms with Crippen LogP contribution in [0.15, 0.2) is 17.4 Å². The quantitative estimate of drug-likeness (QED) is 0.352. The number of ether oxygens (including phenoxy) is 1. The average molecular weight is 394 g/mol. The maximum atomic E-state index is 5.16. The van der Waals surface area contributed by atoms with Crippen molar-refractivity contribution in [2.45, 2.75) is 38.3 Å². The summed E-state index contributed by atoms with van der Waals surface area (Å²) in [6, 6.07) is 0.694. The van der Waals surface area contributed by atoms with Crippen molar-refractivity contribution in [2.75, 3.05) is 60.5 Å². The van der Waals surface area contributed by atoms with Crippen molar-refractivity contribution in [1.29, 1.82) is 0 Å². The Morgan fingerprint density at radius 3 is 2.71 bits per heavy atom. The number of likely N-dealkylation sites (tertiary alicyclic amines) is 1. The zero-order chi connectivity index (χ0) is 20.4. The van der Waals surface area contributed by atoms with E-state index in [1.165, 1.54) is 5.56 Å². The molecular weight excluding hydrogens is 354 g/mol. The summed E-state index contributed by atoms with van der Waals surface area (Å²) in [4.78, 5) is 9.61. The van der Waals surface area contributed by atoms with E-state index < -0.39 is 0 Å². The molecule has 2 N–H and O–H groups in total. The monoisotopic (exact) mass is 393 g/mol. The lowest BCUT2D eigenvalue weighted by Gasteiger charge is -2.33. The third-order valence-electron chi connectivity index (χ3n) is 5.25. The van der Waals surface area contributed by atoms with Crippen molar-refractivity contribution in [3.05, 3.63) is 18.0 Å². The van der Waals surface area contributed by atoms with Crippen LogP contribution in [0.3, 0.4) is 0 Å². The Balaban J connectivity index is 1.88. The van der Waals surface area contributed by atoms with E-state index in [9.17, 15) is 0 Å². The molecule has 0 saturated carbocycles. The molecule has 1 aliphatic rings. The maximum Gasteiger partial charge on any atom is 0.191 e. The molecule has 1 unspecified atom stereocenters. The number of hydrogen-bond acceptors (Lipinski definition) is 5. The van der Waals surface area contributed by atoms with E-state index in [0.717, 1.165) is 58.0 Å². The molecule has 1 fully saturated rings. The smallest absolute Gasteiger partial charge is 0.191 e. The third kappa shape index (κ3) is 7.41. The van der Waals surface area contributed by atoms with Gasteiger partial charge >= 0.3 is 0 Å². The molecule has 0 amide bonds. The lowest BCUT2D eigenvalue weighted by Crippen LogP contribution is -2.49. The van der Waals surface area contributed by atoms with Crippen LogP contribution in [-0.4, -0.2) is 92.1 Å². The zero-order valence-electron chi connectivity index (χ0n) is 18.3. The Morgan fingerprint density at radius 2 is 2.14 bits per heavy atom. The maximum absolute atomic E-state index is 5.16. The van der Waals surface area contributed by atoms with Gasteiger partial charge < -0.3 is 25.2 Å². The summed E-state index contributed by atoms with van der Waals surface area (Å²) in [6.45, 7) is 7.92.